The number of hydrogen-bond acceptors (Lipinski definition) is 10. The van der Waals surface area contributed by atoms with Gasteiger partial charge in [-0.05, 0) is 124 Å². The van der Waals surface area contributed by atoms with Crippen molar-refractivity contribution in [1.82, 2.24) is 34.3 Å². The fraction of sp³-hybridized carbons (Fsp3) is 0.478. The molecule has 0 radical (unpaired) electrons. The first-order valence-corrected chi connectivity index (χ1v) is 21.3. The van der Waals surface area contributed by atoms with Gasteiger partial charge in [0.05, 0.1) is 22.2 Å². The predicted molar refractivity (Wildman–Crippen MR) is 228 cm³/mol. The number of β-amino-alcohol motifs (C(OH)–C–C–N with tert-alkyl or cyclic N) is 1. The maximum Gasteiger partial charge on any atom is 0.309 e. The van der Waals surface area contributed by atoms with Crippen LogP contribution in [0.1, 0.15) is 103 Å². The number of carbonyl (C=O) groups excluding carboxylic acids is 1. The molecule has 320 valence electrons. The Bertz CT molecular complexity index is 2550. The van der Waals surface area contributed by atoms with E-state index in [0.29, 0.717) is 54.3 Å². The second-order valence-corrected chi connectivity index (χ2v) is 18.4. The molecule has 2 bridgehead atoms. The molecule has 1 amide bonds. The van der Waals surface area contributed by atoms with Crippen LogP contribution in [0.15, 0.2) is 48.7 Å². The van der Waals surface area contributed by atoms with E-state index in [2.05, 4.69) is 35.4 Å². The zero-order chi connectivity index (χ0) is 42.8. The Morgan fingerprint density at radius 3 is 2.33 bits per heavy atom. The number of fused-ring (bicyclic) bond motifs is 4. The lowest BCUT2D eigenvalue weighted by Gasteiger charge is -2.32. The normalized spacial score (nSPS) is 23.9. The molecule has 15 heteroatoms. The number of nitrogens with zero attached hydrogens (tertiary/aromatic N) is 7. The highest BCUT2D eigenvalue weighted by Crippen LogP contribution is 2.63. The van der Waals surface area contributed by atoms with E-state index in [0.717, 1.165) is 104 Å². The van der Waals surface area contributed by atoms with E-state index in [1.54, 1.807) is 12.3 Å². The molecule has 1 atom stereocenters. The lowest BCUT2D eigenvalue weighted by molar-refractivity contribution is -0.148. The lowest BCUT2D eigenvalue weighted by atomic mass is 9.80. The molecule has 2 saturated carbocycles. The average molecular weight is 834 g/mol. The Labute approximate surface area is 353 Å². The topological polar surface area (TPSA) is 162 Å². The van der Waals surface area contributed by atoms with Crippen LogP contribution in [-0.4, -0.2) is 88.2 Å². The van der Waals surface area contributed by atoms with E-state index < -0.39 is 29.2 Å². The van der Waals surface area contributed by atoms with E-state index in [9.17, 15) is 28.6 Å². The molecule has 3 fully saturated rings. The van der Waals surface area contributed by atoms with Crippen LogP contribution in [0.4, 0.5) is 26.0 Å². The Balaban J connectivity index is 0.906. The van der Waals surface area contributed by atoms with Gasteiger partial charge in [-0.15, -0.1) is 0 Å². The van der Waals surface area contributed by atoms with Crippen molar-refractivity contribution in [2.24, 2.45) is 17.9 Å². The SMILES string of the molecule is Cc1c(NC(=O)c2nc3c(n2C)CCN(CCC24CCC(C(=O)O)(CC2)C4)C3)cccc1-c1cccc(Nc2nc(C(F)F)nc3cc(CN4CC[C@@](C)(O)C4)cnc23)c1C. The molecule has 2 aliphatic carbocycles. The predicted octanol–water partition coefficient (Wildman–Crippen LogP) is 7.72. The standard InChI is InChI=1S/C46H53F2N9O4/c1-27-30(7-5-9-32(27)50-39-37-34(51-40(54-39)38(47)48)21-29(22-49-37)23-57-19-16-44(3,61)26-57)31-8-6-10-33(28(31)2)53-42(58)41-52-35-24-56(18-11-36(35)55(41)4)20-17-45-12-14-46(25-45,15-13-45)43(59)60/h5-10,21-22,38,61H,11-20,23-26H2,1-4H3,(H,53,58)(H,59,60)(H,50,51,54)/t44-,45?,46?/m1/s1. The van der Waals surface area contributed by atoms with Crippen molar-refractivity contribution in [3.05, 3.63) is 88.4 Å². The van der Waals surface area contributed by atoms with Crippen LogP contribution in [-0.2, 0) is 31.4 Å². The van der Waals surface area contributed by atoms with Crippen LogP contribution in [0.25, 0.3) is 22.2 Å². The number of amides is 1. The Morgan fingerprint density at radius 1 is 0.934 bits per heavy atom. The van der Waals surface area contributed by atoms with Crippen molar-refractivity contribution in [1.29, 1.82) is 0 Å². The molecule has 61 heavy (non-hydrogen) atoms. The molecule has 0 unspecified atom stereocenters. The Hall–Kier alpha value is -5.38. The highest BCUT2D eigenvalue weighted by molar-refractivity contribution is 6.03. The van der Waals surface area contributed by atoms with Crippen molar-refractivity contribution in [2.45, 2.75) is 97.3 Å². The van der Waals surface area contributed by atoms with E-state index in [1.165, 1.54) is 0 Å². The number of carboxylic acid groups (broad SMARTS) is 1. The number of aliphatic carboxylic acids is 1. The largest absolute Gasteiger partial charge is 0.481 e. The number of alkyl halides is 2. The summed E-state index contributed by atoms with van der Waals surface area (Å²) in [5, 5.41) is 26.7. The molecule has 2 aromatic carbocycles. The molecule has 2 aliphatic heterocycles. The number of hydrogen-bond donors (Lipinski definition) is 4. The molecule has 5 aromatic rings. The number of aromatic nitrogens is 5. The third-order valence-electron chi connectivity index (χ3n) is 14.1. The minimum atomic E-state index is -2.89. The zero-order valence-electron chi connectivity index (χ0n) is 35.2. The van der Waals surface area contributed by atoms with Gasteiger partial charge >= 0.3 is 5.97 Å². The molecular formula is C46H53F2N9O4. The first kappa shape index (κ1) is 41.0. The van der Waals surface area contributed by atoms with Crippen LogP contribution < -0.4 is 10.6 Å². The number of benzene rings is 2. The molecule has 5 heterocycles. The van der Waals surface area contributed by atoms with Crippen molar-refractivity contribution in [2.75, 3.05) is 36.8 Å². The minimum absolute atomic E-state index is 0.129. The third kappa shape index (κ3) is 7.76. The summed E-state index contributed by atoms with van der Waals surface area (Å²) in [4.78, 5) is 48.2. The highest BCUT2D eigenvalue weighted by atomic mass is 19.3. The summed E-state index contributed by atoms with van der Waals surface area (Å²) in [6.07, 6.45) is 5.60. The molecule has 13 nitrogen and oxygen atoms in total. The Kier molecular flexibility index (Phi) is 10.4. The van der Waals surface area contributed by atoms with Crippen LogP contribution in [0.2, 0.25) is 0 Å². The fourth-order valence-corrected chi connectivity index (χ4v) is 10.5. The number of halogens is 2. The van der Waals surface area contributed by atoms with Gasteiger partial charge in [-0.3, -0.25) is 24.4 Å². The molecule has 4 N–H and O–H groups in total. The van der Waals surface area contributed by atoms with Gasteiger partial charge in [0.2, 0.25) is 0 Å². The van der Waals surface area contributed by atoms with Crippen molar-refractivity contribution in [3.63, 3.8) is 0 Å². The summed E-state index contributed by atoms with van der Waals surface area (Å²) in [6, 6.07) is 13.2. The van der Waals surface area contributed by atoms with Gasteiger partial charge in [0, 0.05) is 69.5 Å². The van der Waals surface area contributed by atoms with E-state index in [-0.39, 0.29) is 17.1 Å². The fourth-order valence-electron chi connectivity index (χ4n) is 10.5. The second-order valence-electron chi connectivity index (χ2n) is 18.4. The van der Waals surface area contributed by atoms with Gasteiger partial charge in [-0.2, -0.15) is 0 Å². The molecule has 1 saturated heterocycles. The van der Waals surface area contributed by atoms with Gasteiger partial charge < -0.3 is 25.4 Å². The number of aliphatic hydroxyl groups is 1. The Morgan fingerprint density at radius 2 is 1.66 bits per heavy atom. The maximum atomic E-state index is 14.1. The van der Waals surface area contributed by atoms with Gasteiger partial charge in [0.25, 0.3) is 12.3 Å². The lowest BCUT2D eigenvalue weighted by Crippen LogP contribution is -2.34. The summed E-state index contributed by atoms with van der Waals surface area (Å²) in [6.45, 7) is 9.88. The first-order chi connectivity index (χ1) is 29.1. The first-order valence-electron chi connectivity index (χ1n) is 21.3. The summed E-state index contributed by atoms with van der Waals surface area (Å²) < 4.78 is 30.2. The summed E-state index contributed by atoms with van der Waals surface area (Å²) in [5.74, 6) is -1.01. The van der Waals surface area contributed by atoms with Crippen LogP contribution >= 0.6 is 0 Å². The number of rotatable bonds is 12. The number of imidazole rings is 1. The minimum Gasteiger partial charge on any atom is -0.481 e. The van der Waals surface area contributed by atoms with E-state index in [1.807, 2.05) is 68.8 Å². The number of carboxylic acids is 1. The van der Waals surface area contributed by atoms with Gasteiger partial charge in [-0.25, -0.2) is 23.7 Å². The van der Waals surface area contributed by atoms with Crippen LogP contribution in [0, 0.1) is 24.7 Å². The smallest absolute Gasteiger partial charge is 0.309 e. The monoisotopic (exact) mass is 833 g/mol. The molecule has 9 rings (SSSR count). The molecule has 4 aliphatic rings. The summed E-state index contributed by atoms with van der Waals surface area (Å²) >= 11 is 0. The maximum absolute atomic E-state index is 14.1. The molecule has 0 spiro atoms. The van der Waals surface area contributed by atoms with Crippen molar-refractivity contribution in [3.8, 4) is 11.1 Å². The van der Waals surface area contributed by atoms with Crippen LogP contribution in [0.3, 0.4) is 0 Å². The zero-order valence-corrected chi connectivity index (χ0v) is 35.2. The molecular weight excluding hydrogens is 781 g/mol. The molecule has 3 aromatic heterocycles. The number of nitrogens with one attached hydrogen (secondary N) is 2. The number of likely N-dealkylation sites (tertiary alicyclic amines) is 1. The summed E-state index contributed by atoms with van der Waals surface area (Å²) in [7, 11) is 1.89. The number of anilines is 3. The average Bonchev–Trinajstić information content (AvgIpc) is 3.99. The number of pyridine rings is 1. The van der Waals surface area contributed by atoms with E-state index >= 15 is 0 Å². The third-order valence-corrected chi connectivity index (χ3v) is 14.1. The second kappa shape index (κ2) is 15.5. The van der Waals surface area contributed by atoms with Gasteiger partial charge in [-0.1, -0.05) is 24.3 Å². The van der Waals surface area contributed by atoms with Gasteiger partial charge in [0.15, 0.2) is 17.5 Å². The van der Waals surface area contributed by atoms with Crippen molar-refractivity contribution >= 4 is 40.1 Å². The van der Waals surface area contributed by atoms with E-state index in [4.69, 9.17) is 4.98 Å². The van der Waals surface area contributed by atoms with Crippen molar-refractivity contribution < 1.29 is 28.6 Å². The van der Waals surface area contributed by atoms with Crippen LogP contribution in [0.5, 0.6) is 0 Å². The number of carbonyl (C=O) groups is 2. The highest BCUT2D eigenvalue weighted by Gasteiger charge is 2.57. The quantitative estimate of drug-likeness (QED) is 0.0975. The van der Waals surface area contributed by atoms with Gasteiger partial charge in [0.1, 0.15) is 5.52 Å². The summed E-state index contributed by atoms with van der Waals surface area (Å²) in [5.41, 5.74) is 7.07.